The summed E-state index contributed by atoms with van der Waals surface area (Å²) in [5.41, 5.74) is 0.0169. The van der Waals surface area contributed by atoms with Gasteiger partial charge in [0.1, 0.15) is 0 Å². The van der Waals surface area contributed by atoms with E-state index in [2.05, 4.69) is 41.5 Å². The second-order valence-corrected chi connectivity index (χ2v) is 9.19. The Morgan fingerprint density at radius 2 is 1.24 bits per heavy atom. The minimum Gasteiger partial charge on any atom is -0.308 e. The first-order chi connectivity index (χ1) is 7.47. The fourth-order valence-electron chi connectivity index (χ4n) is 1.02. The second kappa shape index (κ2) is 6.36. The molecule has 0 rings (SSSR count). The van der Waals surface area contributed by atoms with Crippen molar-refractivity contribution in [2.24, 2.45) is 10.8 Å². The molecule has 0 saturated carbocycles. The molecule has 17 heavy (non-hydrogen) atoms. The van der Waals surface area contributed by atoms with Gasteiger partial charge in [0, 0.05) is 6.16 Å². The average molecular weight is 264 g/mol. The number of rotatable bonds is 6. The van der Waals surface area contributed by atoms with Gasteiger partial charge in [-0.25, -0.2) is 0 Å². The van der Waals surface area contributed by atoms with Gasteiger partial charge < -0.3 is 9.05 Å². The lowest BCUT2D eigenvalue weighted by atomic mass is 9.99. The molecule has 0 aliphatic heterocycles. The van der Waals surface area contributed by atoms with Gasteiger partial charge in [0.25, 0.3) is 0 Å². The summed E-state index contributed by atoms with van der Waals surface area (Å²) in [5.74, 6) is 0. The standard InChI is InChI=1S/C13H29O3P/c1-8-9-17(14,15-10-12(2,3)4)16-11-13(5,6)7/h8-11H2,1-7H3. The molecule has 3 nitrogen and oxygen atoms in total. The van der Waals surface area contributed by atoms with Gasteiger partial charge in [-0.3, -0.25) is 4.57 Å². The Morgan fingerprint density at radius 1 is 0.882 bits per heavy atom. The van der Waals surface area contributed by atoms with E-state index in [0.29, 0.717) is 19.4 Å². The van der Waals surface area contributed by atoms with Crippen LogP contribution in [0.5, 0.6) is 0 Å². The van der Waals surface area contributed by atoms with E-state index in [1.165, 1.54) is 0 Å². The predicted molar refractivity (Wildman–Crippen MR) is 73.6 cm³/mol. The molecule has 0 aromatic rings. The SMILES string of the molecule is CCCP(=O)(OCC(C)(C)C)OCC(C)(C)C. The van der Waals surface area contributed by atoms with Crippen molar-refractivity contribution in [1.29, 1.82) is 0 Å². The van der Waals surface area contributed by atoms with Gasteiger partial charge >= 0.3 is 7.60 Å². The van der Waals surface area contributed by atoms with Crippen LogP contribution in [0.3, 0.4) is 0 Å². The average Bonchev–Trinajstić information content (AvgIpc) is 2.11. The topological polar surface area (TPSA) is 35.5 Å². The first-order valence-electron chi connectivity index (χ1n) is 6.36. The summed E-state index contributed by atoms with van der Waals surface area (Å²) in [6, 6.07) is 0. The van der Waals surface area contributed by atoms with Crippen LogP contribution < -0.4 is 0 Å². The normalized spacial score (nSPS) is 14.1. The van der Waals surface area contributed by atoms with Crippen LogP contribution in [-0.4, -0.2) is 19.4 Å². The molecule has 0 N–H and O–H groups in total. The van der Waals surface area contributed by atoms with Crippen molar-refractivity contribution >= 4 is 7.60 Å². The molecule has 0 atom stereocenters. The third-order valence-electron chi connectivity index (χ3n) is 1.89. The molecule has 0 aromatic carbocycles. The Labute approximate surface area is 107 Å². The maximum Gasteiger partial charge on any atom is 0.330 e. The van der Waals surface area contributed by atoms with Gasteiger partial charge in [-0.1, -0.05) is 48.5 Å². The van der Waals surface area contributed by atoms with E-state index < -0.39 is 7.60 Å². The third kappa shape index (κ3) is 9.82. The quantitative estimate of drug-likeness (QED) is 0.651. The second-order valence-electron chi connectivity index (χ2n) is 7.00. The molecule has 0 unspecified atom stereocenters. The Kier molecular flexibility index (Phi) is 6.41. The van der Waals surface area contributed by atoms with Crippen LogP contribution in [0.4, 0.5) is 0 Å². The van der Waals surface area contributed by atoms with E-state index >= 15 is 0 Å². The maximum absolute atomic E-state index is 12.5. The Hall–Kier alpha value is 0.150. The highest BCUT2D eigenvalue weighted by molar-refractivity contribution is 7.53. The van der Waals surface area contributed by atoms with Crippen molar-refractivity contribution in [3.8, 4) is 0 Å². The van der Waals surface area contributed by atoms with E-state index in [0.717, 1.165) is 6.42 Å². The minimum atomic E-state index is -2.91. The monoisotopic (exact) mass is 264 g/mol. The van der Waals surface area contributed by atoms with Crippen molar-refractivity contribution in [2.75, 3.05) is 19.4 Å². The van der Waals surface area contributed by atoms with Crippen molar-refractivity contribution in [3.05, 3.63) is 0 Å². The van der Waals surface area contributed by atoms with Crippen molar-refractivity contribution in [1.82, 2.24) is 0 Å². The molecule has 0 bridgehead atoms. The Balaban J connectivity index is 4.41. The summed E-state index contributed by atoms with van der Waals surface area (Å²) in [7, 11) is -2.91. The van der Waals surface area contributed by atoms with Gasteiger partial charge in [-0.2, -0.15) is 0 Å². The van der Waals surface area contributed by atoms with Crippen LogP contribution in [0.2, 0.25) is 0 Å². The summed E-state index contributed by atoms with van der Waals surface area (Å²) in [5, 5.41) is 0. The highest BCUT2D eigenvalue weighted by atomic mass is 31.2. The van der Waals surface area contributed by atoms with Gasteiger partial charge in [0.15, 0.2) is 0 Å². The van der Waals surface area contributed by atoms with Gasteiger partial charge in [0.2, 0.25) is 0 Å². The van der Waals surface area contributed by atoms with E-state index in [1.807, 2.05) is 6.92 Å². The molecule has 104 valence electrons. The molecule has 0 radical (unpaired) electrons. The minimum absolute atomic E-state index is 0.00843. The predicted octanol–water partition coefficient (Wildman–Crippen LogP) is 4.71. The van der Waals surface area contributed by atoms with E-state index in [4.69, 9.17) is 9.05 Å². The van der Waals surface area contributed by atoms with Crippen LogP contribution in [0.1, 0.15) is 54.9 Å². The van der Waals surface area contributed by atoms with Gasteiger partial charge in [-0.15, -0.1) is 0 Å². The molecule has 0 amide bonds. The zero-order valence-electron chi connectivity index (χ0n) is 12.5. The first-order valence-corrected chi connectivity index (χ1v) is 8.08. The van der Waals surface area contributed by atoms with Crippen LogP contribution in [0.25, 0.3) is 0 Å². The number of hydrogen-bond acceptors (Lipinski definition) is 3. The van der Waals surface area contributed by atoms with Gasteiger partial charge in [-0.05, 0) is 17.3 Å². The van der Waals surface area contributed by atoms with Crippen LogP contribution in [-0.2, 0) is 13.6 Å². The van der Waals surface area contributed by atoms with Gasteiger partial charge in [0.05, 0.1) is 13.2 Å². The highest BCUT2D eigenvalue weighted by Crippen LogP contribution is 2.50. The summed E-state index contributed by atoms with van der Waals surface area (Å²) >= 11 is 0. The molecule has 0 heterocycles. The first kappa shape index (κ1) is 17.2. The zero-order valence-corrected chi connectivity index (χ0v) is 13.4. The summed E-state index contributed by atoms with van der Waals surface area (Å²) < 4.78 is 23.6. The Bertz CT molecular complexity index is 239. The van der Waals surface area contributed by atoms with E-state index in [1.54, 1.807) is 0 Å². The van der Waals surface area contributed by atoms with Crippen LogP contribution in [0, 0.1) is 10.8 Å². The summed E-state index contributed by atoms with van der Waals surface area (Å²) in [4.78, 5) is 0. The number of hydrogen-bond donors (Lipinski definition) is 0. The third-order valence-corrected chi connectivity index (χ3v) is 3.93. The lowest BCUT2D eigenvalue weighted by Crippen LogP contribution is -2.18. The van der Waals surface area contributed by atoms with Crippen molar-refractivity contribution in [3.63, 3.8) is 0 Å². The molecule has 0 aromatic heterocycles. The molecule has 0 fully saturated rings. The van der Waals surface area contributed by atoms with Crippen LogP contribution in [0.15, 0.2) is 0 Å². The lowest BCUT2D eigenvalue weighted by molar-refractivity contribution is 0.123. The largest absolute Gasteiger partial charge is 0.330 e. The Morgan fingerprint density at radius 3 is 1.47 bits per heavy atom. The maximum atomic E-state index is 12.5. The van der Waals surface area contributed by atoms with E-state index in [-0.39, 0.29) is 10.8 Å². The summed E-state index contributed by atoms with van der Waals surface area (Å²) in [6.07, 6.45) is 1.31. The smallest absolute Gasteiger partial charge is 0.308 e. The molecule has 0 aliphatic carbocycles. The molecule has 0 saturated heterocycles. The molecule has 4 heteroatoms. The molecular formula is C13H29O3P. The molecular weight excluding hydrogens is 235 g/mol. The highest BCUT2D eigenvalue weighted by Gasteiger charge is 2.28. The molecule has 0 spiro atoms. The summed E-state index contributed by atoms with van der Waals surface area (Å²) in [6.45, 7) is 15.3. The van der Waals surface area contributed by atoms with E-state index in [9.17, 15) is 4.57 Å². The van der Waals surface area contributed by atoms with Crippen molar-refractivity contribution < 1.29 is 13.6 Å². The fraction of sp³-hybridized carbons (Fsp3) is 1.00. The fourth-order valence-corrected chi connectivity index (χ4v) is 3.07. The molecule has 0 aliphatic rings. The lowest BCUT2D eigenvalue weighted by Gasteiger charge is -2.26. The van der Waals surface area contributed by atoms with Crippen molar-refractivity contribution in [2.45, 2.75) is 54.9 Å². The van der Waals surface area contributed by atoms with Crippen LogP contribution >= 0.6 is 7.60 Å². The zero-order chi connectivity index (χ0) is 13.7.